The Balaban J connectivity index is 2.05. The molecular formula is C15H24O5. The normalized spacial score (nSPS) is 55.6. The van der Waals surface area contributed by atoms with E-state index in [1.807, 2.05) is 6.92 Å². The molecule has 2 N–H and O–H groups in total. The first-order valence-electron chi connectivity index (χ1n) is 7.59. The van der Waals surface area contributed by atoms with Crippen molar-refractivity contribution in [3.63, 3.8) is 0 Å². The Bertz CT molecular complexity index is 420. The van der Waals surface area contributed by atoms with E-state index >= 15 is 0 Å². The Labute approximate surface area is 119 Å². The Kier molecular flexibility index (Phi) is 3.16. The van der Waals surface area contributed by atoms with Crippen molar-refractivity contribution in [2.75, 3.05) is 0 Å². The van der Waals surface area contributed by atoms with Gasteiger partial charge in [0, 0.05) is 12.3 Å². The maximum absolute atomic E-state index is 12.0. The molecule has 0 aromatic rings. The van der Waals surface area contributed by atoms with E-state index < -0.39 is 17.7 Å². The van der Waals surface area contributed by atoms with Crippen molar-refractivity contribution in [1.82, 2.24) is 0 Å². The van der Waals surface area contributed by atoms with Crippen LogP contribution in [0, 0.1) is 23.7 Å². The molecule has 3 rings (SSSR count). The summed E-state index contributed by atoms with van der Waals surface area (Å²) in [6, 6.07) is 0. The van der Waals surface area contributed by atoms with Crippen LogP contribution in [-0.4, -0.2) is 33.9 Å². The Morgan fingerprint density at radius 3 is 2.55 bits per heavy atom. The van der Waals surface area contributed by atoms with Crippen molar-refractivity contribution >= 4 is 5.97 Å². The van der Waals surface area contributed by atoms with Gasteiger partial charge in [0.2, 0.25) is 6.29 Å². The first-order valence-corrected chi connectivity index (χ1v) is 7.59. The second-order valence-corrected chi connectivity index (χ2v) is 7.04. The lowest BCUT2D eigenvalue weighted by Gasteiger charge is -2.54. The van der Waals surface area contributed by atoms with Gasteiger partial charge in [0.15, 0.2) is 5.79 Å². The zero-order chi connectivity index (χ0) is 14.7. The molecule has 2 heterocycles. The van der Waals surface area contributed by atoms with E-state index in [1.54, 1.807) is 6.92 Å². The van der Waals surface area contributed by atoms with Crippen LogP contribution in [0.25, 0.3) is 0 Å². The molecule has 0 bridgehead atoms. The van der Waals surface area contributed by atoms with Crippen molar-refractivity contribution in [3.05, 3.63) is 0 Å². The monoisotopic (exact) mass is 284 g/mol. The molecule has 0 spiro atoms. The zero-order valence-corrected chi connectivity index (χ0v) is 12.3. The van der Waals surface area contributed by atoms with Crippen LogP contribution in [0.3, 0.4) is 0 Å². The molecule has 1 unspecified atom stereocenters. The van der Waals surface area contributed by atoms with E-state index in [4.69, 9.17) is 9.47 Å². The molecule has 1 saturated carbocycles. The van der Waals surface area contributed by atoms with E-state index in [2.05, 4.69) is 6.92 Å². The molecule has 3 fully saturated rings. The number of carbonyl (C=O) groups excluding carboxylic acids is 1. The van der Waals surface area contributed by atoms with Gasteiger partial charge >= 0.3 is 5.97 Å². The maximum Gasteiger partial charge on any atom is 0.311 e. The van der Waals surface area contributed by atoms with E-state index in [9.17, 15) is 15.0 Å². The summed E-state index contributed by atoms with van der Waals surface area (Å²) in [5.41, 5.74) is -1.18. The molecule has 0 radical (unpaired) electrons. The minimum Gasteiger partial charge on any atom is -0.432 e. The number of hydrogen-bond acceptors (Lipinski definition) is 5. The summed E-state index contributed by atoms with van der Waals surface area (Å²) in [7, 11) is 0. The summed E-state index contributed by atoms with van der Waals surface area (Å²) < 4.78 is 10.9. The van der Waals surface area contributed by atoms with Crippen LogP contribution in [0.2, 0.25) is 0 Å². The van der Waals surface area contributed by atoms with Crippen LogP contribution < -0.4 is 0 Å². The van der Waals surface area contributed by atoms with Gasteiger partial charge in [-0.25, -0.2) is 0 Å². The largest absolute Gasteiger partial charge is 0.432 e. The van der Waals surface area contributed by atoms with Gasteiger partial charge in [0.1, 0.15) is 5.60 Å². The van der Waals surface area contributed by atoms with Crippen LogP contribution in [0.5, 0.6) is 0 Å². The Hall–Kier alpha value is -0.650. The van der Waals surface area contributed by atoms with E-state index in [1.165, 1.54) is 0 Å². The standard InChI is InChI=1S/C15H24O5/c1-8-4-5-11-9(2)12(16)19-13-15(11,18)10(8)6-7-14(3,17)20-13/h8-11,13,17-18H,4-7H2,1-3H3/t8-,9-,10+,11+,13-,14?,15-/m1/s1. The minimum atomic E-state index is -1.36. The van der Waals surface area contributed by atoms with Crippen LogP contribution in [0.15, 0.2) is 0 Å². The lowest BCUT2D eigenvalue weighted by molar-refractivity contribution is -0.346. The fourth-order valence-corrected chi connectivity index (χ4v) is 4.42. The molecule has 2 saturated heterocycles. The van der Waals surface area contributed by atoms with Gasteiger partial charge < -0.3 is 19.7 Å². The summed E-state index contributed by atoms with van der Waals surface area (Å²) in [6.45, 7) is 5.51. The summed E-state index contributed by atoms with van der Waals surface area (Å²) in [5.74, 6) is -1.84. The van der Waals surface area contributed by atoms with Gasteiger partial charge in [0.05, 0.1) is 5.92 Å². The Morgan fingerprint density at radius 1 is 1.15 bits per heavy atom. The molecular weight excluding hydrogens is 260 g/mol. The van der Waals surface area contributed by atoms with Gasteiger partial charge in [-0.3, -0.25) is 4.79 Å². The predicted octanol–water partition coefficient (Wildman–Crippen LogP) is 1.42. The van der Waals surface area contributed by atoms with Crippen molar-refractivity contribution in [1.29, 1.82) is 0 Å². The quantitative estimate of drug-likeness (QED) is 0.658. The lowest BCUT2D eigenvalue weighted by Crippen LogP contribution is -2.65. The van der Waals surface area contributed by atoms with Crippen molar-refractivity contribution in [2.24, 2.45) is 23.7 Å². The number of hydrogen-bond donors (Lipinski definition) is 2. The van der Waals surface area contributed by atoms with Gasteiger partial charge in [-0.2, -0.15) is 0 Å². The highest BCUT2D eigenvalue weighted by atomic mass is 16.8. The number of esters is 1. The van der Waals surface area contributed by atoms with Crippen LogP contribution >= 0.6 is 0 Å². The number of carbonyl (C=O) groups is 1. The van der Waals surface area contributed by atoms with E-state index in [0.29, 0.717) is 18.8 Å². The van der Waals surface area contributed by atoms with Gasteiger partial charge in [-0.05, 0) is 38.0 Å². The fourth-order valence-electron chi connectivity index (χ4n) is 4.42. The molecule has 3 aliphatic rings. The third-order valence-electron chi connectivity index (χ3n) is 5.66. The molecule has 1 aliphatic carbocycles. The third-order valence-corrected chi connectivity index (χ3v) is 5.66. The molecule has 20 heavy (non-hydrogen) atoms. The molecule has 0 aromatic carbocycles. The number of rotatable bonds is 0. The van der Waals surface area contributed by atoms with Crippen LogP contribution in [0.1, 0.15) is 46.5 Å². The molecule has 0 amide bonds. The second kappa shape index (κ2) is 4.42. The second-order valence-electron chi connectivity index (χ2n) is 7.04. The maximum atomic E-state index is 12.0. The first kappa shape index (κ1) is 14.3. The minimum absolute atomic E-state index is 0.00391. The van der Waals surface area contributed by atoms with Crippen LogP contribution in [0.4, 0.5) is 0 Å². The average Bonchev–Trinajstić information content (AvgIpc) is 2.44. The molecule has 5 heteroatoms. The topological polar surface area (TPSA) is 76.0 Å². The van der Waals surface area contributed by atoms with E-state index in [0.717, 1.165) is 12.8 Å². The molecule has 5 nitrogen and oxygen atoms in total. The lowest BCUT2D eigenvalue weighted by atomic mass is 9.58. The summed E-state index contributed by atoms with van der Waals surface area (Å²) in [4.78, 5) is 12.0. The SMILES string of the molecule is C[C@@H]1CC[C@H]2[C@@H](C)C(=O)O[C@@H]3OC(C)(O)CC[C@@H]1[C@]32O. The van der Waals surface area contributed by atoms with Crippen molar-refractivity contribution < 1.29 is 24.5 Å². The van der Waals surface area contributed by atoms with Crippen molar-refractivity contribution in [2.45, 2.75) is 64.1 Å². The smallest absolute Gasteiger partial charge is 0.311 e. The highest BCUT2D eigenvalue weighted by Gasteiger charge is 2.63. The molecule has 0 aromatic heterocycles. The van der Waals surface area contributed by atoms with Gasteiger partial charge in [0.25, 0.3) is 0 Å². The number of ether oxygens (including phenoxy) is 2. The summed E-state index contributed by atoms with van der Waals surface area (Å²) in [5, 5.41) is 21.6. The molecule has 2 aliphatic heterocycles. The summed E-state index contributed by atoms with van der Waals surface area (Å²) >= 11 is 0. The average molecular weight is 284 g/mol. The molecule has 114 valence electrons. The summed E-state index contributed by atoms with van der Waals surface area (Å²) in [6.07, 6.45) is 1.86. The fraction of sp³-hybridized carbons (Fsp3) is 0.933. The van der Waals surface area contributed by atoms with Gasteiger partial charge in [-0.15, -0.1) is 0 Å². The van der Waals surface area contributed by atoms with Crippen LogP contribution in [-0.2, 0) is 14.3 Å². The molecule has 7 atom stereocenters. The highest BCUT2D eigenvalue weighted by molar-refractivity contribution is 5.74. The van der Waals surface area contributed by atoms with E-state index in [-0.39, 0.29) is 23.7 Å². The predicted molar refractivity (Wildman–Crippen MR) is 70.3 cm³/mol. The first-order chi connectivity index (χ1) is 9.25. The third kappa shape index (κ3) is 1.90. The highest BCUT2D eigenvalue weighted by Crippen LogP contribution is 2.54. The zero-order valence-electron chi connectivity index (χ0n) is 12.3. The number of aliphatic hydroxyl groups is 2. The Morgan fingerprint density at radius 2 is 1.85 bits per heavy atom. The van der Waals surface area contributed by atoms with Gasteiger partial charge in [-0.1, -0.05) is 13.8 Å². The van der Waals surface area contributed by atoms with Crippen molar-refractivity contribution in [3.8, 4) is 0 Å².